The van der Waals surface area contributed by atoms with Gasteiger partial charge in [-0.15, -0.1) is 0 Å². The SMILES string of the molecule is OC[C@@H]1C[C@H](O)[C@H](O)[C@H]1O.[HH]. The van der Waals surface area contributed by atoms with Gasteiger partial charge in [0.1, 0.15) is 6.10 Å². The number of aliphatic hydroxyl groups is 4. The fraction of sp³-hybridized carbons (Fsp3) is 1.00. The van der Waals surface area contributed by atoms with E-state index < -0.39 is 18.3 Å². The highest BCUT2D eigenvalue weighted by atomic mass is 16.4. The largest absolute Gasteiger partial charge is 0.396 e. The minimum atomic E-state index is -1.09. The molecule has 1 fully saturated rings. The Kier molecular flexibility index (Phi) is 2.25. The molecule has 0 unspecified atom stereocenters. The molecule has 0 saturated heterocycles. The molecular formula is C6H14O4. The summed E-state index contributed by atoms with van der Waals surface area (Å²) in [6.45, 7) is -0.185. The van der Waals surface area contributed by atoms with Crippen LogP contribution in [0.2, 0.25) is 0 Å². The average Bonchev–Trinajstić information content (AvgIpc) is 2.17. The smallest absolute Gasteiger partial charge is 0.106 e. The molecule has 4 heteroatoms. The standard InChI is InChI=1S/C6H12O4.H2/c7-2-3-1-4(8)6(10)5(3)9;/h3-10H,1-2H2;1H/t3-,4-,5-,6-;/m0./s1. The zero-order valence-corrected chi connectivity index (χ0v) is 5.51. The van der Waals surface area contributed by atoms with E-state index >= 15 is 0 Å². The molecule has 1 aliphatic rings. The molecule has 10 heavy (non-hydrogen) atoms. The lowest BCUT2D eigenvalue weighted by Gasteiger charge is -2.12. The van der Waals surface area contributed by atoms with Gasteiger partial charge in [-0.05, 0) is 6.42 Å². The van der Waals surface area contributed by atoms with Crippen molar-refractivity contribution in [3.05, 3.63) is 0 Å². The summed E-state index contributed by atoms with van der Waals surface area (Å²) < 4.78 is 0. The van der Waals surface area contributed by atoms with Crippen LogP contribution in [-0.4, -0.2) is 45.3 Å². The van der Waals surface area contributed by atoms with E-state index in [1.807, 2.05) is 0 Å². The molecular weight excluding hydrogens is 136 g/mol. The minimum absolute atomic E-state index is 0. The van der Waals surface area contributed by atoms with Crippen LogP contribution < -0.4 is 0 Å². The second-order valence-electron chi connectivity index (χ2n) is 2.73. The van der Waals surface area contributed by atoms with E-state index in [1.54, 1.807) is 0 Å². The van der Waals surface area contributed by atoms with Crippen LogP contribution in [0.5, 0.6) is 0 Å². The predicted molar refractivity (Wildman–Crippen MR) is 35.3 cm³/mol. The quantitative estimate of drug-likeness (QED) is 0.360. The van der Waals surface area contributed by atoms with Crippen LogP contribution in [0.4, 0.5) is 0 Å². The summed E-state index contributed by atoms with van der Waals surface area (Å²) in [4.78, 5) is 0. The van der Waals surface area contributed by atoms with E-state index in [-0.39, 0.29) is 20.4 Å². The molecule has 0 aliphatic heterocycles. The monoisotopic (exact) mass is 150 g/mol. The summed E-state index contributed by atoms with van der Waals surface area (Å²) in [7, 11) is 0. The van der Waals surface area contributed by atoms with Crippen molar-refractivity contribution in [1.29, 1.82) is 0 Å². The zero-order valence-electron chi connectivity index (χ0n) is 5.51. The maximum Gasteiger partial charge on any atom is 0.106 e. The predicted octanol–water partition coefficient (Wildman–Crippen LogP) is -1.67. The molecule has 0 aromatic rings. The Morgan fingerprint density at radius 2 is 1.80 bits per heavy atom. The van der Waals surface area contributed by atoms with Crippen LogP contribution in [-0.2, 0) is 0 Å². The second kappa shape index (κ2) is 2.84. The second-order valence-corrected chi connectivity index (χ2v) is 2.73. The Morgan fingerprint density at radius 3 is 2.00 bits per heavy atom. The maximum atomic E-state index is 9.06. The lowest BCUT2D eigenvalue weighted by molar-refractivity contribution is -0.0302. The van der Waals surface area contributed by atoms with Gasteiger partial charge in [0, 0.05) is 14.0 Å². The van der Waals surface area contributed by atoms with Gasteiger partial charge in [0.2, 0.25) is 0 Å². The van der Waals surface area contributed by atoms with Gasteiger partial charge in [-0.3, -0.25) is 0 Å². The lowest BCUT2D eigenvalue weighted by Crippen LogP contribution is -2.31. The maximum absolute atomic E-state index is 9.06. The number of hydrogen-bond donors (Lipinski definition) is 4. The molecule has 4 atom stereocenters. The zero-order chi connectivity index (χ0) is 7.72. The molecule has 0 aromatic heterocycles. The van der Waals surface area contributed by atoms with Gasteiger partial charge >= 0.3 is 0 Å². The third-order valence-corrected chi connectivity index (χ3v) is 2.01. The van der Waals surface area contributed by atoms with Crippen molar-refractivity contribution >= 4 is 0 Å². The first-order chi connectivity index (χ1) is 4.66. The summed E-state index contributed by atoms with van der Waals surface area (Å²) in [5.74, 6) is -0.370. The molecule has 4 nitrogen and oxygen atoms in total. The topological polar surface area (TPSA) is 80.9 Å². The van der Waals surface area contributed by atoms with Crippen molar-refractivity contribution in [2.24, 2.45) is 5.92 Å². The van der Waals surface area contributed by atoms with E-state index in [0.717, 1.165) is 0 Å². The first-order valence-electron chi connectivity index (χ1n) is 3.32. The van der Waals surface area contributed by atoms with Gasteiger partial charge in [-0.1, -0.05) is 0 Å². The Morgan fingerprint density at radius 1 is 1.20 bits per heavy atom. The van der Waals surface area contributed by atoms with Crippen LogP contribution in [0.25, 0.3) is 0 Å². The van der Waals surface area contributed by atoms with Crippen molar-refractivity contribution in [3.8, 4) is 0 Å². The van der Waals surface area contributed by atoms with Gasteiger partial charge in [-0.2, -0.15) is 0 Å². The highest BCUT2D eigenvalue weighted by molar-refractivity contribution is 4.90. The number of rotatable bonds is 1. The van der Waals surface area contributed by atoms with E-state index in [2.05, 4.69) is 0 Å². The Hall–Kier alpha value is -0.160. The molecule has 0 radical (unpaired) electrons. The molecule has 0 aromatic carbocycles. The van der Waals surface area contributed by atoms with Crippen LogP contribution in [0.3, 0.4) is 0 Å². The average molecular weight is 150 g/mol. The highest BCUT2D eigenvalue weighted by Crippen LogP contribution is 2.25. The van der Waals surface area contributed by atoms with Crippen LogP contribution in [0, 0.1) is 5.92 Å². The fourth-order valence-electron chi connectivity index (χ4n) is 1.28. The van der Waals surface area contributed by atoms with Crippen molar-refractivity contribution in [3.63, 3.8) is 0 Å². The third kappa shape index (κ3) is 1.15. The highest BCUT2D eigenvalue weighted by Gasteiger charge is 2.39. The number of hydrogen-bond acceptors (Lipinski definition) is 4. The molecule has 0 amide bonds. The van der Waals surface area contributed by atoms with E-state index in [0.29, 0.717) is 0 Å². The lowest BCUT2D eigenvalue weighted by atomic mass is 10.1. The molecule has 1 rings (SSSR count). The first kappa shape index (κ1) is 7.94. The van der Waals surface area contributed by atoms with E-state index in [1.165, 1.54) is 0 Å². The Balaban J connectivity index is 0.000001000. The van der Waals surface area contributed by atoms with Crippen LogP contribution in [0.1, 0.15) is 7.85 Å². The van der Waals surface area contributed by atoms with E-state index in [9.17, 15) is 0 Å². The first-order valence-corrected chi connectivity index (χ1v) is 3.32. The molecule has 0 heterocycles. The molecule has 0 bridgehead atoms. The third-order valence-electron chi connectivity index (χ3n) is 2.01. The summed E-state index contributed by atoms with van der Waals surface area (Å²) in [5, 5.41) is 35.6. The molecule has 62 valence electrons. The van der Waals surface area contributed by atoms with Gasteiger partial charge < -0.3 is 20.4 Å². The minimum Gasteiger partial charge on any atom is -0.396 e. The summed E-state index contributed by atoms with van der Waals surface area (Å²) in [6, 6.07) is 0. The Labute approximate surface area is 60.2 Å². The Bertz CT molecular complexity index is 121. The van der Waals surface area contributed by atoms with Crippen molar-refractivity contribution < 1.29 is 21.9 Å². The van der Waals surface area contributed by atoms with Gasteiger partial charge in [0.05, 0.1) is 12.2 Å². The van der Waals surface area contributed by atoms with Crippen molar-refractivity contribution in [2.45, 2.75) is 24.7 Å². The number of aliphatic hydroxyl groups excluding tert-OH is 4. The van der Waals surface area contributed by atoms with Gasteiger partial charge in [-0.25, -0.2) is 0 Å². The fourth-order valence-corrected chi connectivity index (χ4v) is 1.28. The van der Waals surface area contributed by atoms with Crippen LogP contribution >= 0.6 is 0 Å². The van der Waals surface area contributed by atoms with Gasteiger partial charge in [0.15, 0.2) is 0 Å². The van der Waals surface area contributed by atoms with Crippen LogP contribution in [0.15, 0.2) is 0 Å². The normalized spacial score (nSPS) is 48.0. The molecule has 4 N–H and O–H groups in total. The van der Waals surface area contributed by atoms with Crippen molar-refractivity contribution in [2.75, 3.05) is 6.61 Å². The summed E-state index contributed by atoms with van der Waals surface area (Å²) in [5.41, 5.74) is 0. The molecule has 1 aliphatic carbocycles. The van der Waals surface area contributed by atoms with E-state index in [4.69, 9.17) is 20.4 Å². The molecule has 0 spiro atoms. The van der Waals surface area contributed by atoms with Gasteiger partial charge in [0.25, 0.3) is 0 Å². The summed E-state index contributed by atoms with van der Waals surface area (Å²) in [6.07, 6.45) is -2.66. The molecule has 1 saturated carbocycles. The van der Waals surface area contributed by atoms with Crippen molar-refractivity contribution in [1.82, 2.24) is 0 Å². The summed E-state index contributed by atoms with van der Waals surface area (Å²) >= 11 is 0.